The lowest BCUT2D eigenvalue weighted by atomic mass is 9.90. The summed E-state index contributed by atoms with van der Waals surface area (Å²) in [6, 6.07) is 6.03. The van der Waals surface area contributed by atoms with E-state index >= 15 is 0 Å². The molecule has 2 rings (SSSR count). The molecule has 0 aromatic heterocycles. The number of anilines is 1. The van der Waals surface area contributed by atoms with Crippen LogP contribution in [-0.4, -0.2) is 43.3 Å². The number of benzene rings is 1. The SMILES string of the molecule is CN(C)[C@H]1CCC[C@@H](NC(=O)Nc2ccccc2CC(F)(F)F)C1. The van der Waals surface area contributed by atoms with Crippen LogP contribution in [0.5, 0.6) is 0 Å². The number of carbonyl (C=O) groups is 1. The van der Waals surface area contributed by atoms with Gasteiger partial charge in [0.1, 0.15) is 0 Å². The molecule has 24 heavy (non-hydrogen) atoms. The van der Waals surface area contributed by atoms with Crippen LogP contribution < -0.4 is 10.6 Å². The third-order valence-electron chi connectivity index (χ3n) is 4.37. The fourth-order valence-electron chi connectivity index (χ4n) is 3.12. The number of nitrogens with zero attached hydrogens (tertiary/aromatic N) is 1. The van der Waals surface area contributed by atoms with Gasteiger partial charge in [-0.3, -0.25) is 0 Å². The summed E-state index contributed by atoms with van der Waals surface area (Å²) in [5.74, 6) is 0. The molecule has 1 aliphatic carbocycles. The molecule has 2 atom stereocenters. The highest BCUT2D eigenvalue weighted by molar-refractivity contribution is 5.90. The van der Waals surface area contributed by atoms with Crippen molar-refractivity contribution in [2.45, 2.75) is 50.4 Å². The first kappa shape index (κ1) is 18.6. The number of amides is 2. The molecule has 134 valence electrons. The minimum atomic E-state index is -4.31. The molecule has 1 aromatic rings. The molecule has 1 aromatic carbocycles. The molecule has 1 aliphatic rings. The van der Waals surface area contributed by atoms with Gasteiger partial charge < -0.3 is 15.5 Å². The van der Waals surface area contributed by atoms with Crippen molar-refractivity contribution in [1.29, 1.82) is 0 Å². The van der Waals surface area contributed by atoms with Crippen molar-refractivity contribution < 1.29 is 18.0 Å². The van der Waals surface area contributed by atoms with Gasteiger partial charge in [-0.1, -0.05) is 18.2 Å². The summed E-state index contributed by atoms with van der Waals surface area (Å²) >= 11 is 0. The van der Waals surface area contributed by atoms with E-state index in [-0.39, 0.29) is 17.3 Å². The Hall–Kier alpha value is -1.76. The van der Waals surface area contributed by atoms with Gasteiger partial charge in [-0.25, -0.2) is 4.79 Å². The Morgan fingerprint density at radius 3 is 2.62 bits per heavy atom. The van der Waals surface area contributed by atoms with Crippen LogP contribution in [-0.2, 0) is 6.42 Å². The fraction of sp³-hybridized carbons (Fsp3) is 0.588. The lowest BCUT2D eigenvalue weighted by molar-refractivity contribution is -0.127. The van der Waals surface area contributed by atoms with Gasteiger partial charge >= 0.3 is 12.2 Å². The zero-order valence-corrected chi connectivity index (χ0v) is 14.0. The number of rotatable bonds is 4. The molecule has 0 aliphatic heterocycles. The molecular formula is C17H24F3N3O. The van der Waals surface area contributed by atoms with Gasteiger partial charge in [0.15, 0.2) is 0 Å². The number of para-hydroxylation sites is 1. The Labute approximate surface area is 140 Å². The maximum atomic E-state index is 12.6. The van der Waals surface area contributed by atoms with Gasteiger partial charge in [-0.15, -0.1) is 0 Å². The van der Waals surface area contributed by atoms with E-state index in [2.05, 4.69) is 15.5 Å². The Morgan fingerprint density at radius 1 is 1.25 bits per heavy atom. The smallest absolute Gasteiger partial charge is 0.335 e. The molecule has 0 saturated heterocycles. The molecule has 7 heteroatoms. The Bertz CT molecular complexity index is 560. The second-order valence-electron chi connectivity index (χ2n) is 6.53. The zero-order chi connectivity index (χ0) is 17.7. The number of nitrogens with one attached hydrogen (secondary N) is 2. The summed E-state index contributed by atoms with van der Waals surface area (Å²) in [5, 5.41) is 5.45. The number of halogens is 3. The second-order valence-corrected chi connectivity index (χ2v) is 6.53. The standard InChI is InChI=1S/C17H24F3N3O/c1-23(2)14-8-5-7-13(10-14)21-16(24)22-15-9-4-3-6-12(15)11-17(18,19)20/h3-4,6,9,13-14H,5,7-8,10-11H2,1-2H3,(H2,21,22,24)/t13-,14+/m1/s1. The predicted octanol–water partition coefficient (Wildman–Crippen LogP) is 3.79. The highest BCUT2D eigenvalue weighted by Gasteiger charge is 2.29. The summed E-state index contributed by atoms with van der Waals surface area (Å²) in [7, 11) is 4.03. The van der Waals surface area contributed by atoms with Crippen LogP contribution in [0.1, 0.15) is 31.2 Å². The highest BCUT2D eigenvalue weighted by atomic mass is 19.4. The maximum absolute atomic E-state index is 12.6. The number of hydrogen-bond donors (Lipinski definition) is 2. The van der Waals surface area contributed by atoms with Crippen LogP contribution in [0.2, 0.25) is 0 Å². The van der Waals surface area contributed by atoms with Gasteiger partial charge in [0.25, 0.3) is 0 Å². The molecule has 2 N–H and O–H groups in total. The first-order chi connectivity index (χ1) is 11.2. The normalized spacial score (nSPS) is 21.6. The zero-order valence-electron chi connectivity index (χ0n) is 14.0. The average Bonchev–Trinajstić information content (AvgIpc) is 2.48. The monoisotopic (exact) mass is 343 g/mol. The van der Waals surface area contributed by atoms with E-state index in [4.69, 9.17) is 0 Å². The van der Waals surface area contributed by atoms with Crippen molar-refractivity contribution in [3.63, 3.8) is 0 Å². The number of alkyl halides is 3. The first-order valence-electron chi connectivity index (χ1n) is 8.13. The number of urea groups is 1. The van der Waals surface area contributed by atoms with Gasteiger partial charge in [0, 0.05) is 17.8 Å². The van der Waals surface area contributed by atoms with Crippen LogP contribution in [0.15, 0.2) is 24.3 Å². The van der Waals surface area contributed by atoms with Gasteiger partial charge in [0.2, 0.25) is 0 Å². The molecule has 0 spiro atoms. The second kappa shape index (κ2) is 7.88. The Balaban J connectivity index is 1.95. The maximum Gasteiger partial charge on any atom is 0.393 e. The summed E-state index contributed by atoms with van der Waals surface area (Å²) < 4.78 is 37.9. The van der Waals surface area contributed by atoms with Crippen molar-refractivity contribution in [2.75, 3.05) is 19.4 Å². The van der Waals surface area contributed by atoms with E-state index < -0.39 is 18.6 Å². The third-order valence-corrected chi connectivity index (χ3v) is 4.37. The highest BCUT2D eigenvalue weighted by Crippen LogP contribution is 2.26. The van der Waals surface area contributed by atoms with Gasteiger partial charge in [0.05, 0.1) is 6.42 Å². The van der Waals surface area contributed by atoms with E-state index in [9.17, 15) is 18.0 Å². The Kier molecular flexibility index (Phi) is 6.10. The molecule has 4 nitrogen and oxygen atoms in total. The van der Waals surface area contributed by atoms with Gasteiger partial charge in [-0.05, 0) is 51.4 Å². The third kappa shape index (κ3) is 5.70. The van der Waals surface area contributed by atoms with Crippen molar-refractivity contribution in [1.82, 2.24) is 10.2 Å². The molecule has 0 bridgehead atoms. The van der Waals surface area contributed by atoms with Crippen molar-refractivity contribution >= 4 is 11.7 Å². The molecule has 0 heterocycles. The number of carbonyl (C=O) groups excluding carboxylic acids is 1. The summed E-state index contributed by atoms with van der Waals surface area (Å²) in [4.78, 5) is 14.3. The quantitative estimate of drug-likeness (QED) is 0.874. The molecule has 0 radical (unpaired) electrons. The van der Waals surface area contributed by atoms with Crippen LogP contribution in [0.4, 0.5) is 23.7 Å². The minimum absolute atomic E-state index is 0.0425. The summed E-state index contributed by atoms with van der Waals surface area (Å²) in [6.45, 7) is 0. The van der Waals surface area contributed by atoms with E-state index in [1.165, 1.54) is 18.2 Å². The predicted molar refractivity (Wildman–Crippen MR) is 88.1 cm³/mol. The molecule has 1 fully saturated rings. The summed E-state index contributed by atoms with van der Waals surface area (Å²) in [5.41, 5.74) is 0.266. The van der Waals surface area contributed by atoms with E-state index in [0.29, 0.717) is 6.04 Å². The van der Waals surface area contributed by atoms with Gasteiger partial charge in [-0.2, -0.15) is 13.2 Å². The molecule has 1 saturated carbocycles. The van der Waals surface area contributed by atoms with Crippen LogP contribution >= 0.6 is 0 Å². The largest absolute Gasteiger partial charge is 0.393 e. The van der Waals surface area contributed by atoms with Crippen LogP contribution in [0, 0.1) is 0 Å². The average molecular weight is 343 g/mol. The van der Waals surface area contributed by atoms with Crippen LogP contribution in [0.3, 0.4) is 0 Å². The van der Waals surface area contributed by atoms with E-state index in [0.717, 1.165) is 25.7 Å². The fourth-order valence-corrected chi connectivity index (χ4v) is 3.12. The van der Waals surface area contributed by atoms with E-state index in [1.54, 1.807) is 6.07 Å². The van der Waals surface area contributed by atoms with Crippen molar-refractivity contribution in [3.8, 4) is 0 Å². The molecule has 2 amide bonds. The van der Waals surface area contributed by atoms with Crippen molar-refractivity contribution in [3.05, 3.63) is 29.8 Å². The minimum Gasteiger partial charge on any atom is -0.335 e. The first-order valence-corrected chi connectivity index (χ1v) is 8.13. The topological polar surface area (TPSA) is 44.4 Å². The lowest BCUT2D eigenvalue weighted by Gasteiger charge is -2.33. The van der Waals surface area contributed by atoms with Crippen LogP contribution in [0.25, 0.3) is 0 Å². The number of hydrogen-bond acceptors (Lipinski definition) is 2. The summed E-state index contributed by atoms with van der Waals surface area (Å²) in [6.07, 6.45) is -1.50. The van der Waals surface area contributed by atoms with E-state index in [1.807, 2.05) is 14.1 Å². The molecule has 0 unspecified atom stereocenters. The lowest BCUT2D eigenvalue weighted by Crippen LogP contribution is -2.45. The van der Waals surface area contributed by atoms with Crippen molar-refractivity contribution in [2.24, 2.45) is 0 Å². The Morgan fingerprint density at radius 2 is 1.96 bits per heavy atom. The molecular weight excluding hydrogens is 319 g/mol.